The van der Waals surface area contributed by atoms with Crippen LogP contribution >= 0.6 is 0 Å². The number of carbonyl (C=O) groups excluding carboxylic acids is 2. The molecule has 36 heavy (non-hydrogen) atoms. The first-order chi connectivity index (χ1) is 17.4. The maximum Gasteiger partial charge on any atom is 0.342 e. The van der Waals surface area contributed by atoms with E-state index in [9.17, 15) is 9.59 Å². The van der Waals surface area contributed by atoms with E-state index in [0.717, 1.165) is 0 Å². The molecule has 0 atom stereocenters. The molecular weight excluding hydrogens is 472 g/mol. The summed E-state index contributed by atoms with van der Waals surface area (Å²) >= 11 is 0. The van der Waals surface area contributed by atoms with Crippen LogP contribution in [0.2, 0.25) is 0 Å². The highest BCUT2D eigenvalue weighted by molar-refractivity contribution is 6.31. The number of methoxy groups -OCH3 is 6. The first-order valence-corrected chi connectivity index (χ1v) is 10.7. The van der Waals surface area contributed by atoms with Gasteiger partial charge in [0.1, 0.15) is 22.3 Å². The number of ether oxygens (including phenoxy) is 6. The Morgan fingerprint density at radius 2 is 0.889 bits per heavy atom. The second-order valence-electron chi connectivity index (χ2n) is 7.75. The Labute approximate surface area is 204 Å². The average molecular weight is 494 g/mol. The minimum Gasteiger partial charge on any atom is -0.493 e. The van der Waals surface area contributed by atoms with Gasteiger partial charge in [-0.1, -0.05) is 0 Å². The van der Waals surface area contributed by atoms with Gasteiger partial charge in [-0.2, -0.15) is 0 Å². The largest absolute Gasteiger partial charge is 0.493 e. The van der Waals surface area contributed by atoms with Crippen LogP contribution in [0.15, 0.2) is 33.1 Å². The summed E-state index contributed by atoms with van der Waals surface area (Å²) in [5, 5.41) is 1.60. The third kappa shape index (κ3) is 3.10. The van der Waals surface area contributed by atoms with Gasteiger partial charge in [-0.15, -0.1) is 0 Å². The van der Waals surface area contributed by atoms with Crippen molar-refractivity contribution in [1.29, 1.82) is 0 Å². The molecule has 0 bridgehead atoms. The van der Waals surface area contributed by atoms with Crippen LogP contribution in [0.1, 0.15) is 20.7 Å². The van der Waals surface area contributed by atoms with Crippen molar-refractivity contribution >= 4 is 55.8 Å². The van der Waals surface area contributed by atoms with Gasteiger partial charge in [0, 0.05) is 33.7 Å². The number of hydrogen-bond donors (Lipinski definition) is 0. The first-order valence-electron chi connectivity index (χ1n) is 10.7. The van der Waals surface area contributed by atoms with Crippen molar-refractivity contribution in [2.24, 2.45) is 0 Å². The molecule has 10 nitrogen and oxygen atoms in total. The summed E-state index contributed by atoms with van der Waals surface area (Å²) in [7, 11) is 8.49. The van der Waals surface area contributed by atoms with Gasteiger partial charge in [-0.25, -0.2) is 9.59 Å². The SMILES string of the molecule is COC(=O)c1c2oc3cc(OC)c(OC)cc3c2c(C(=O)OC)c2oc3cc(OC)c(OC)cc3c12. The van der Waals surface area contributed by atoms with Crippen molar-refractivity contribution in [1.82, 2.24) is 0 Å². The summed E-state index contributed by atoms with van der Waals surface area (Å²) in [6.07, 6.45) is 0. The van der Waals surface area contributed by atoms with Crippen molar-refractivity contribution in [3.05, 3.63) is 35.4 Å². The lowest BCUT2D eigenvalue weighted by atomic mass is 9.97. The number of carbonyl (C=O) groups is 2. The van der Waals surface area contributed by atoms with Crippen molar-refractivity contribution in [2.75, 3.05) is 42.7 Å². The summed E-state index contributed by atoms with van der Waals surface area (Å²) in [5.74, 6) is 0.266. The molecule has 0 spiro atoms. The third-order valence-electron chi connectivity index (χ3n) is 6.12. The second kappa shape index (κ2) is 8.56. The predicted octanol–water partition coefficient (Wildman–Crippen LogP) is 5.09. The normalized spacial score (nSPS) is 11.3. The van der Waals surface area contributed by atoms with Crippen LogP contribution in [-0.2, 0) is 9.47 Å². The standard InChI is InChI=1S/C26H22O10/c1-29-15-7-11-13(9-17(15)31-3)35-23-19(11)21(25(27)33-5)24-20(22(23)26(28)34-6)12-8-16(30-2)18(32-4)10-14(12)36-24/h7-10H,1-6H3. The zero-order chi connectivity index (χ0) is 25.7. The molecule has 5 aromatic rings. The average Bonchev–Trinajstić information content (AvgIpc) is 3.46. The van der Waals surface area contributed by atoms with Crippen molar-refractivity contribution in [2.45, 2.75) is 0 Å². The molecule has 3 aromatic carbocycles. The lowest BCUT2D eigenvalue weighted by molar-refractivity contribution is 0.0591. The third-order valence-corrected chi connectivity index (χ3v) is 6.12. The molecule has 0 unspecified atom stereocenters. The minimum absolute atomic E-state index is 0.0789. The highest BCUT2D eigenvalue weighted by Crippen LogP contribution is 2.47. The Morgan fingerprint density at radius 1 is 0.556 bits per heavy atom. The Hall–Kier alpha value is -4.60. The van der Waals surface area contributed by atoms with Gasteiger partial charge in [0.15, 0.2) is 34.2 Å². The van der Waals surface area contributed by atoms with Crippen LogP contribution in [0.4, 0.5) is 0 Å². The summed E-state index contributed by atoms with van der Waals surface area (Å²) in [5.41, 5.74) is 1.11. The van der Waals surface area contributed by atoms with E-state index in [4.69, 9.17) is 37.3 Å². The maximum absolute atomic E-state index is 13.2. The molecule has 0 fully saturated rings. The molecule has 0 N–H and O–H groups in total. The number of esters is 2. The van der Waals surface area contributed by atoms with Gasteiger partial charge in [-0.05, 0) is 12.1 Å². The van der Waals surface area contributed by atoms with Gasteiger partial charge in [0.2, 0.25) is 0 Å². The van der Waals surface area contributed by atoms with E-state index in [-0.39, 0.29) is 22.3 Å². The van der Waals surface area contributed by atoms with E-state index >= 15 is 0 Å². The number of benzene rings is 3. The summed E-state index contributed by atoms with van der Waals surface area (Å²) in [6.45, 7) is 0. The monoisotopic (exact) mass is 494 g/mol. The molecule has 5 rings (SSSR count). The van der Waals surface area contributed by atoms with E-state index < -0.39 is 11.9 Å². The molecule has 0 radical (unpaired) electrons. The molecule has 186 valence electrons. The van der Waals surface area contributed by atoms with Crippen molar-refractivity contribution < 1.29 is 46.8 Å². The summed E-state index contributed by atoms with van der Waals surface area (Å²) in [4.78, 5) is 26.4. The molecule has 2 aromatic heterocycles. The number of furan rings is 2. The van der Waals surface area contributed by atoms with Crippen molar-refractivity contribution in [3.8, 4) is 23.0 Å². The lowest BCUT2D eigenvalue weighted by Gasteiger charge is -2.09. The Morgan fingerprint density at radius 3 is 1.19 bits per heavy atom. The number of hydrogen-bond acceptors (Lipinski definition) is 10. The fourth-order valence-electron chi connectivity index (χ4n) is 4.52. The lowest BCUT2D eigenvalue weighted by Crippen LogP contribution is -2.07. The van der Waals surface area contributed by atoms with Gasteiger partial charge in [0.25, 0.3) is 0 Å². The molecule has 0 aliphatic heterocycles. The topological polar surface area (TPSA) is 116 Å². The highest BCUT2D eigenvalue weighted by Gasteiger charge is 2.32. The predicted molar refractivity (Wildman–Crippen MR) is 130 cm³/mol. The van der Waals surface area contributed by atoms with Gasteiger partial charge >= 0.3 is 11.9 Å². The van der Waals surface area contributed by atoms with Crippen LogP contribution in [0.25, 0.3) is 43.9 Å². The van der Waals surface area contributed by atoms with E-state index in [2.05, 4.69) is 0 Å². The van der Waals surface area contributed by atoms with Crippen molar-refractivity contribution in [3.63, 3.8) is 0 Å². The van der Waals surface area contributed by atoms with Gasteiger partial charge < -0.3 is 37.3 Å². The number of rotatable bonds is 6. The quantitative estimate of drug-likeness (QED) is 0.295. The zero-order valence-electron chi connectivity index (χ0n) is 20.4. The second-order valence-corrected chi connectivity index (χ2v) is 7.75. The number of fused-ring (bicyclic) bond motifs is 6. The van der Waals surface area contributed by atoms with E-state index in [1.54, 1.807) is 24.3 Å². The summed E-state index contributed by atoms with van der Waals surface area (Å²) < 4.78 is 44.3. The Bertz CT molecular complexity index is 1560. The molecule has 0 aliphatic rings. The van der Waals surface area contributed by atoms with Crippen LogP contribution in [0.5, 0.6) is 23.0 Å². The van der Waals surface area contributed by atoms with E-state index in [0.29, 0.717) is 55.7 Å². The smallest absolute Gasteiger partial charge is 0.342 e. The van der Waals surface area contributed by atoms with E-state index in [1.165, 1.54) is 42.7 Å². The molecule has 0 aliphatic carbocycles. The highest BCUT2D eigenvalue weighted by atomic mass is 16.5. The minimum atomic E-state index is -0.683. The Kier molecular flexibility index (Phi) is 5.51. The van der Waals surface area contributed by atoms with Gasteiger partial charge in [0.05, 0.1) is 42.7 Å². The molecule has 0 saturated carbocycles. The zero-order valence-corrected chi connectivity index (χ0v) is 20.4. The summed E-state index contributed by atoms with van der Waals surface area (Å²) in [6, 6.07) is 6.55. The fourth-order valence-corrected chi connectivity index (χ4v) is 4.52. The van der Waals surface area contributed by atoms with E-state index in [1.807, 2.05) is 0 Å². The molecule has 10 heteroatoms. The molecule has 0 amide bonds. The fraction of sp³-hybridized carbons (Fsp3) is 0.231. The maximum atomic E-state index is 13.2. The van der Waals surface area contributed by atoms with Crippen LogP contribution < -0.4 is 18.9 Å². The van der Waals surface area contributed by atoms with Crippen LogP contribution in [0.3, 0.4) is 0 Å². The Balaban J connectivity index is 2.09. The van der Waals surface area contributed by atoms with Gasteiger partial charge in [-0.3, -0.25) is 0 Å². The molecule has 2 heterocycles. The van der Waals surface area contributed by atoms with Crippen LogP contribution in [-0.4, -0.2) is 54.6 Å². The van der Waals surface area contributed by atoms with Crippen LogP contribution in [0, 0.1) is 0 Å². The molecule has 0 saturated heterocycles. The molecular formula is C26H22O10. The first kappa shape index (κ1) is 23.2.